The summed E-state index contributed by atoms with van der Waals surface area (Å²) in [5.74, 6) is 0. The summed E-state index contributed by atoms with van der Waals surface area (Å²) in [4.78, 5) is 0. The highest BCUT2D eigenvalue weighted by molar-refractivity contribution is 6.31. The number of halogens is 1. The van der Waals surface area contributed by atoms with Crippen LogP contribution in [-0.2, 0) is 13.1 Å². The van der Waals surface area contributed by atoms with Crippen LogP contribution in [0.2, 0.25) is 5.02 Å². The minimum Gasteiger partial charge on any atom is -0.348 e. The quantitative estimate of drug-likeness (QED) is 0.915. The van der Waals surface area contributed by atoms with Crippen LogP contribution in [0.1, 0.15) is 43.3 Å². The molecule has 19 heavy (non-hydrogen) atoms. The molecule has 1 atom stereocenters. The standard InChI is InChI=1S/C14H21ClN4/c1-4-12(16)11-6-7-18(8-11)9-13-14(15)10(3)17-19(13)5-2/h6-8,12H,4-5,9,16H2,1-3H3. The first-order valence-corrected chi connectivity index (χ1v) is 7.07. The van der Waals surface area contributed by atoms with Crippen molar-refractivity contribution in [1.29, 1.82) is 0 Å². The number of rotatable bonds is 5. The van der Waals surface area contributed by atoms with Crippen LogP contribution in [0.25, 0.3) is 0 Å². The predicted molar refractivity (Wildman–Crippen MR) is 78.4 cm³/mol. The second-order valence-corrected chi connectivity index (χ2v) is 5.17. The van der Waals surface area contributed by atoms with Crippen LogP contribution in [0.15, 0.2) is 18.5 Å². The summed E-state index contributed by atoms with van der Waals surface area (Å²) in [6.07, 6.45) is 5.08. The molecule has 0 fully saturated rings. The van der Waals surface area contributed by atoms with Crippen molar-refractivity contribution in [3.63, 3.8) is 0 Å². The van der Waals surface area contributed by atoms with Gasteiger partial charge in [-0.3, -0.25) is 4.68 Å². The second-order valence-electron chi connectivity index (χ2n) is 4.79. The Morgan fingerprint density at radius 1 is 1.42 bits per heavy atom. The monoisotopic (exact) mass is 280 g/mol. The van der Waals surface area contributed by atoms with Crippen LogP contribution < -0.4 is 5.73 Å². The molecule has 0 saturated heterocycles. The maximum Gasteiger partial charge on any atom is 0.0865 e. The van der Waals surface area contributed by atoms with Crippen molar-refractivity contribution in [2.45, 2.75) is 46.3 Å². The molecule has 4 nitrogen and oxygen atoms in total. The molecule has 0 aromatic carbocycles. The minimum absolute atomic E-state index is 0.106. The van der Waals surface area contributed by atoms with Gasteiger partial charge in [0.2, 0.25) is 0 Å². The average Bonchev–Trinajstić information content (AvgIpc) is 2.98. The molecule has 0 aliphatic carbocycles. The zero-order valence-corrected chi connectivity index (χ0v) is 12.5. The van der Waals surface area contributed by atoms with Crippen LogP contribution in [0.4, 0.5) is 0 Å². The van der Waals surface area contributed by atoms with E-state index in [4.69, 9.17) is 17.3 Å². The van der Waals surface area contributed by atoms with Crippen molar-refractivity contribution >= 4 is 11.6 Å². The van der Waals surface area contributed by atoms with Gasteiger partial charge in [0.15, 0.2) is 0 Å². The van der Waals surface area contributed by atoms with E-state index in [1.54, 1.807) is 0 Å². The van der Waals surface area contributed by atoms with Gasteiger partial charge in [0.1, 0.15) is 0 Å². The second kappa shape index (κ2) is 5.80. The average molecular weight is 281 g/mol. The number of hydrogen-bond acceptors (Lipinski definition) is 2. The van der Waals surface area contributed by atoms with Gasteiger partial charge in [-0.25, -0.2) is 0 Å². The van der Waals surface area contributed by atoms with E-state index in [1.165, 1.54) is 0 Å². The van der Waals surface area contributed by atoms with Gasteiger partial charge in [0, 0.05) is 25.0 Å². The number of aryl methyl sites for hydroxylation is 2. The van der Waals surface area contributed by atoms with Gasteiger partial charge >= 0.3 is 0 Å². The smallest absolute Gasteiger partial charge is 0.0865 e. The highest BCUT2D eigenvalue weighted by Crippen LogP contribution is 2.22. The Labute approximate surface area is 119 Å². The molecule has 0 aliphatic rings. The summed E-state index contributed by atoms with van der Waals surface area (Å²) >= 11 is 6.32. The Bertz CT molecular complexity index is 556. The zero-order chi connectivity index (χ0) is 14.0. The van der Waals surface area contributed by atoms with Crippen LogP contribution in [0.5, 0.6) is 0 Å². The summed E-state index contributed by atoms with van der Waals surface area (Å²) in [5.41, 5.74) is 9.13. The molecule has 2 aromatic heterocycles. The molecule has 5 heteroatoms. The summed E-state index contributed by atoms with van der Waals surface area (Å²) in [6.45, 7) is 7.65. The number of hydrogen-bond donors (Lipinski definition) is 1. The van der Waals surface area contributed by atoms with Gasteiger partial charge in [-0.1, -0.05) is 18.5 Å². The molecule has 2 heterocycles. The molecule has 2 N–H and O–H groups in total. The molecule has 104 valence electrons. The summed E-state index contributed by atoms with van der Waals surface area (Å²) < 4.78 is 4.07. The molecule has 0 saturated carbocycles. The molecule has 0 aliphatic heterocycles. The molecular weight excluding hydrogens is 260 g/mol. The van der Waals surface area contributed by atoms with Crippen molar-refractivity contribution in [3.8, 4) is 0 Å². The molecule has 2 aromatic rings. The summed E-state index contributed by atoms with van der Waals surface area (Å²) in [6, 6.07) is 2.18. The third-order valence-electron chi connectivity index (χ3n) is 3.43. The molecular formula is C14H21ClN4. The molecule has 1 unspecified atom stereocenters. The maximum absolute atomic E-state index is 6.32. The first-order valence-electron chi connectivity index (χ1n) is 6.69. The van der Waals surface area contributed by atoms with E-state index in [-0.39, 0.29) is 6.04 Å². The lowest BCUT2D eigenvalue weighted by Gasteiger charge is -2.08. The highest BCUT2D eigenvalue weighted by Gasteiger charge is 2.13. The van der Waals surface area contributed by atoms with E-state index in [0.29, 0.717) is 0 Å². The van der Waals surface area contributed by atoms with Crippen LogP contribution >= 0.6 is 11.6 Å². The van der Waals surface area contributed by atoms with E-state index in [2.05, 4.69) is 35.8 Å². The van der Waals surface area contributed by atoms with E-state index in [1.807, 2.05) is 17.8 Å². The first kappa shape index (κ1) is 14.2. The number of nitrogens with two attached hydrogens (primary N) is 1. The Kier molecular flexibility index (Phi) is 4.32. The van der Waals surface area contributed by atoms with E-state index >= 15 is 0 Å². The highest BCUT2D eigenvalue weighted by atomic mass is 35.5. The lowest BCUT2D eigenvalue weighted by atomic mass is 10.1. The SMILES string of the molecule is CCC(N)c1ccn(Cc2c(Cl)c(C)nn2CC)c1. The normalized spacial score (nSPS) is 12.9. The first-order chi connectivity index (χ1) is 9.06. The van der Waals surface area contributed by atoms with Gasteiger partial charge in [-0.05, 0) is 31.9 Å². The van der Waals surface area contributed by atoms with E-state index in [0.717, 1.165) is 41.5 Å². The molecule has 0 bridgehead atoms. The Morgan fingerprint density at radius 3 is 2.79 bits per heavy atom. The van der Waals surface area contributed by atoms with Gasteiger partial charge in [-0.2, -0.15) is 5.10 Å². The molecule has 0 spiro atoms. The van der Waals surface area contributed by atoms with Crippen molar-refractivity contribution in [3.05, 3.63) is 40.4 Å². The fraction of sp³-hybridized carbons (Fsp3) is 0.500. The fourth-order valence-corrected chi connectivity index (χ4v) is 2.40. The molecule has 2 rings (SSSR count). The van der Waals surface area contributed by atoms with E-state index in [9.17, 15) is 0 Å². The molecule has 0 amide bonds. The van der Waals surface area contributed by atoms with Gasteiger partial charge < -0.3 is 10.3 Å². The number of aromatic nitrogens is 3. The largest absolute Gasteiger partial charge is 0.348 e. The van der Waals surface area contributed by atoms with Crippen LogP contribution in [0, 0.1) is 6.92 Å². The van der Waals surface area contributed by atoms with Crippen molar-refractivity contribution < 1.29 is 0 Å². The summed E-state index contributed by atoms with van der Waals surface area (Å²) in [5, 5.41) is 5.19. The van der Waals surface area contributed by atoms with Crippen molar-refractivity contribution in [1.82, 2.24) is 14.3 Å². The van der Waals surface area contributed by atoms with Crippen molar-refractivity contribution in [2.24, 2.45) is 5.73 Å². The van der Waals surface area contributed by atoms with Crippen molar-refractivity contribution in [2.75, 3.05) is 0 Å². The Morgan fingerprint density at radius 2 is 2.16 bits per heavy atom. The van der Waals surface area contributed by atoms with Crippen LogP contribution in [-0.4, -0.2) is 14.3 Å². The van der Waals surface area contributed by atoms with Gasteiger partial charge in [-0.15, -0.1) is 0 Å². The van der Waals surface area contributed by atoms with Gasteiger partial charge in [0.25, 0.3) is 0 Å². The maximum atomic E-state index is 6.32. The fourth-order valence-electron chi connectivity index (χ4n) is 2.21. The van der Waals surface area contributed by atoms with Crippen LogP contribution in [0.3, 0.4) is 0 Å². The zero-order valence-electron chi connectivity index (χ0n) is 11.7. The third kappa shape index (κ3) is 2.85. The number of nitrogens with zero attached hydrogens (tertiary/aromatic N) is 3. The summed E-state index contributed by atoms with van der Waals surface area (Å²) in [7, 11) is 0. The lowest BCUT2D eigenvalue weighted by molar-refractivity contribution is 0.597. The van der Waals surface area contributed by atoms with Gasteiger partial charge in [0.05, 0.1) is 23.0 Å². The van der Waals surface area contributed by atoms with E-state index < -0.39 is 0 Å². The third-order valence-corrected chi connectivity index (χ3v) is 3.92. The predicted octanol–water partition coefficient (Wildman–Crippen LogP) is 3.12. The minimum atomic E-state index is 0.106. The molecule has 0 radical (unpaired) electrons. The lowest BCUT2D eigenvalue weighted by Crippen LogP contribution is -2.09. The Hall–Kier alpha value is -1.26. The Balaban J connectivity index is 2.24. The topological polar surface area (TPSA) is 48.8 Å².